The molecule has 1 heterocycles. The number of amides is 1. The van der Waals surface area contributed by atoms with Crippen LogP contribution in [0.5, 0.6) is 11.5 Å². The van der Waals surface area contributed by atoms with Crippen LogP contribution in [0.4, 0.5) is 0 Å². The molecule has 0 saturated heterocycles. The van der Waals surface area contributed by atoms with Crippen molar-refractivity contribution >= 4 is 28.7 Å². The van der Waals surface area contributed by atoms with Crippen LogP contribution in [0.3, 0.4) is 0 Å². The lowest BCUT2D eigenvalue weighted by molar-refractivity contribution is -0.118. The number of rotatable bonds is 8. The first-order valence-electron chi connectivity index (χ1n) is 8.24. The maximum atomic E-state index is 12.0. The van der Waals surface area contributed by atoms with E-state index < -0.39 is 0 Å². The molecule has 0 radical (unpaired) electrons. The molecule has 0 aliphatic heterocycles. The summed E-state index contributed by atoms with van der Waals surface area (Å²) in [6, 6.07) is 13.5. The number of nitrogens with zero attached hydrogens (tertiary/aromatic N) is 1. The molecule has 0 aliphatic rings. The Hall–Kier alpha value is -2.67. The Kier molecular flexibility index (Phi) is 6.01. The van der Waals surface area contributed by atoms with Crippen LogP contribution in [-0.2, 0) is 11.2 Å². The second-order valence-corrected chi connectivity index (χ2v) is 6.63. The first-order valence-corrected chi connectivity index (χ1v) is 9.22. The molecule has 0 bridgehead atoms. The number of imidazole rings is 1. The summed E-state index contributed by atoms with van der Waals surface area (Å²) in [6.07, 6.45) is 0.783. The maximum Gasteiger partial charge on any atom is 0.230 e. The highest BCUT2D eigenvalue weighted by molar-refractivity contribution is 7.99. The monoisotopic (exact) mass is 371 g/mol. The molecule has 0 unspecified atom stereocenters. The molecule has 26 heavy (non-hydrogen) atoms. The lowest BCUT2D eigenvalue weighted by Crippen LogP contribution is -2.27. The number of hydrogen-bond acceptors (Lipinski definition) is 5. The van der Waals surface area contributed by atoms with Gasteiger partial charge in [-0.05, 0) is 36.2 Å². The first kappa shape index (κ1) is 18.1. The van der Waals surface area contributed by atoms with Gasteiger partial charge in [0.05, 0.1) is 31.0 Å². The van der Waals surface area contributed by atoms with Gasteiger partial charge in [-0.25, -0.2) is 4.98 Å². The second kappa shape index (κ2) is 8.62. The summed E-state index contributed by atoms with van der Waals surface area (Å²) >= 11 is 1.38. The van der Waals surface area contributed by atoms with Crippen molar-refractivity contribution in [2.24, 2.45) is 0 Å². The summed E-state index contributed by atoms with van der Waals surface area (Å²) in [5.41, 5.74) is 2.91. The number of methoxy groups -OCH3 is 2. The molecule has 0 aliphatic carbocycles. The van der Waals surface area contributed by atoms with Gasteiger partial charge < -0.3 is 19.8 Å². The lowest BCUT2D eigenvalue weighted by atomic mass is 10.1. The van der Waals surface area contributed by atoms with Gasteiger partial charge in [-0.15, -0.1) is 0 Å². The van der Waals surface area contributed by atoms with Crippen molar-refractivity contribution in [3.8, 4) is 11.5 Å². The van der Waals surface area contributed by atoms with Crippen molar-refractivity contribution in [2.75, 3.05) is 26.5 Å². The molecule has 0 spiro atoms. The molecule has 0 atom stereocenters. The molecule has 0 saturated carbocycles. The summed E-state index contributed by atoms with van der Waals surface area (Å²) < 4.78 is 10.3. The van der Waals surface area contributed by atoms with Gasteiger partial charge >= 0.3 is 0 Å². The van der Waals surface area contributed by atoms with E-state index in [1.54, 1.807) is 14.2 Å². The van der Waals surface area contributed by atoms with E-state index in [-0.39, 0.29) is 5.91 Å². The topological polar surface area (TPSA) is 76.2 Å². The van der Waals surface area contributed by atoms with Crippen LogP contribution in [0.15, 0.2) is 47.6 Å². The largest absolute Gasteiger partial charge is 0.497 e. The van der Waals surface area contributed by atoms with E-state index in [9.17, 15) is 4.79 Å². The Morgan fingerprint density at radius 2 is 1.85 bits per heavy atom. The molecule has 1 amide bonds. The third-order valence-corrected chi connectivity index (χ3v) is 4.78. The third kappa shape index (κ3) is 4.70. The number of ether oxygens (including phenoxy) is 2. The number of carbonyl (C=O) groups is 1. The number of carbonyl (C=O) groups excluding carboxylic acids is 1. The van der Waals surface area contributed by atoms with Crippen LogP contribution in [0.1, 0.15) is 5.56 Å². The maximum absolute atomic E-state index is 12.0. The van der Waals surface area contributed by atoms with Crippen molar-refractivity contribution in [2.45, 2.75) is 11.6 Å². The Bertz CT molecular complexity index is 877. The number of aromatic amines is 1. The average Bonchev–Trinajstić information content (AvgIpc) is 3.09. The normalized spacial score (nSPS) is 10.7. The van der Waals surface area contributed by atoms with Gasteiger partial charge in [0.1, 0.15) is 11.5 Å². The predicted octanol–water partition coefficient (Wildman–Crippen LogP) is 3.03. The molecular weight excluding hydrogens is 350 g/mol. The summed E-state index contributed by atoms with van der Waals surface area (Å²) in [5.74, 6) is 1.91. The van der Waals surface area contributed by atoms with Gasteiger partial charge in [0, 0.05) is 12.6 Å². The molecule has 3 aromatic rings. The number of H-pyrrole nitrogens is 1. The quantitative estimate of drug-likeness (QED) is 0.595. The molecule has 7 heteroatoms. The molecule has 0 fully saturated rings. The van der Waals surface area contributed by atoms with E-state index in [1.807, 2.05) is 42.5 Å². The van der Waals surface area contributed by atoms with Gasteiger partial charge in [0.2, 0.25) is 5.91 Å². The van der Waals surface area contributed by atoms with Gasteiger partial charge in [0.15, 0.2) is 5.16 Å². The fourth-order valence-electron chi connectivity index (χ4n) is 2.48. The predicted molar refractivity (Wildman–Crippen MR) is 103 cm³/mol. The van der Waals surface area contributed by atoms with Crippen molar-refractivity contribution in [1.82, 2.24) is 15.3 Å². The SMILES string of the molecule is COc1ccc(CCNC(=O)CSc2nc3ccc(OC)cc3[nH]2)cc1. The lowest BCUT2D eigenvalue weighted by Gasteiger charge is -2.05. The van der Waals surface area contributed by atoms with Crippen molar-refractivity contribution in [1.29, 1.82) is 0 Å². The van der Waals surface area contributed by atoms with E-state index in [0.717, 1.165) is 39.7 Å². The minimum atomic E-state index is -0.0125. The zero-order valence-corrected chi connectivity index (χ0v) is 15.6. The highest BCUT2D eigenvalue weighted by Gasteiger charge is 2.08. The molecule has 6 nitrogen and oxygen atoms in total. The molecule has 1 aromatic heterocycles. The highest BCUT2D eigenvalue weighted by atomic mass is 32.2. The summed E-state index contributed by atoms with van der Waals surface area (Å²) in [6.45, 7) is 0.600. The summed E-state index contributed by atoms with van der Waals surface area (Å²) in [5, 5.41) is 3.65. The van der Waals surface area contributed by atoms with Gasteiger partial charge in [-0.1, -0.05) is 23.9 Å². The van der Waals surface area contributed by atoms with Gasteiger partial charge in [-0.3, -0.25) is 4.79 Å². The number of aromatic nitrogens is 2. The standard InChI is InChI=1S/C19H21N3O3S/c1-24-14-5-3-13(4-6-14)9-10-20-18(23)12-26-19-21-16-8-7-15(25-2)11-17(16)22-19/h3-8,11H,9-10,12H2,1-2H3,(H,20,23)(H,21,22). The van der Waals surface area contributed by atoms with Gasteiger partial charge in [-0.2, -0.15) is 0 Å². The Morgan fingerprint density at radius 1 is 1.12 bits per heavy atom. The van der Waals surface area contributed by atoms with Crippen LogP contribution >= 0.6 is 11.8 Å². The number of benzene rings is 2. The number of fused-ring (bicyclic) bond motifs is 1. The van der Waals surface area contributed by atoms with Crippen molar-refractivity contribution in [3.05, 3.63) is 48.0 Å². The van der Waals surface area contributed by atoms with Crippen LogP contribution in [0, 0.1) is 0 Å². The Morgan fingerprint density at radius 3 is 2.58 bits per heavy atom. The van der Waals surface area contributed by atoms with Crippen molar-refractivity contribution in [3.63, 3.8) is 0 Å². The summed E-state index contributed by atoms with van der Waals surface area (Å²) in [4.78, 5) is 19.7. The highest BCUT2D eigenvalue weighted by Crippen LogP contribution is 2.22. The van der Waals surface area contributed by atoms with Crippen LogP contribution < -0.4 is 14.8 Å². The molecular formula is C19H21N3O3S. The minimum absolute atomic E-state index is 0.0125. The molecule has 136 valence electrons. The first-order chi connectivity index (χ1) is 12.7. The van der Waals surface area contributed by atoms with Gasteiger partial charge in [0.25, 0.3) is 0 Å². The molecule has 2 N–H and O–H groups in total. The molecule has 3 rings (SSSR count). The average molecular weight is 371 g/mol. The zero-order chi connectivity index (χ0) is 18.4. The fraction of sp³-hybridized carbons (Fsp3) is 0.263. The third-order valence-electron chi connectivity index (χ3n) is 3.90. The fourth-order valence-corrected chi connectivity index (χ4v) is 3.20. The number of thioether (sulfide) groups is 1. The smallest absolute Gasteiger partial charge is 0.230 e. The Balaban J connectivity index is 1.44. The summed E-state index contributed by atoms with van der Waals surface area (Å²) in [7, 11) is 3.27. The van der Waals surface area contributed by atoms with E-state index in [4.69, 9.17) is 9.47 Å². The van der Waals surface area contributed by atoms with Crippen LogP contribution in [0.25, 0.3) is 11.0 Å². The van der Waals surface area contributed by atoms with Crippen LogP contribution in [0.2, 0.25) is 0 Å². The number of nitrogens with one attached hydrogen (secondary N) is 2. The number of hydrogen-bond donors (Lipinski definition) is 2. The minimum Gasteiger partial charge on any atom is -0.497 e. The van der Waals surface area contributed by atoms with E-state index in [1.165, 1.54) is 11.8 Å². The second-order valence-electron chi connectivity index (χ2n) is 5.66. The van der Waals surface area contributed by atoms with E-state index in [2.05, 4.69) is 15.3 Å². The van der Waals surface area contributed by atoms with Crippen LogP contribution in [-0.4, -0.2) is 42.4 Å². The Labute approximate surface area is 156 Å². The van der Waals surface area contributed by atoms with E-state index in [0.29, 0.717) is 12.3 Å². The van der Waals surface area contributed by atoms with E-state index >= 15 is 0 Å². The van der Waals surface area contributed by atoms with Crippen molar-refractivity contribution < 1.29 is 14.3 Å². The zero-order valence-electron chi connectivity index (χ0n) is 14.7. The molecule has 2 aromatic carbocycles.